The fourth-order valence-corrected chi connectivity index (χ4v) is 3.54. The number of amides is 1. The standard InChI is InChI=1S/C21H25ClF3N3O7S/c1-13(2)10-27-36(30,31)28-20(29)34-12-14-4-5-16(33-7-6-32-3)9-18(14)35-19-17(22)8-15(11-26-19)21(23,24)25/h4-5,8-9,11,13,27H,6-7,10,12H2,1-3H3,(H,28,29). The molecule has 0 spiro atoms. The van der Waals surface area contributed by atoms with Gasteiger partial charge in [0.25, 0.3) is 0 Å². The van der Waals surface area contributed by atoms with Crippen LogP contribution < -0.4 is 18.9 Å². The SMILES string of the molecule is COCCOc1ccc(COC(=O)NS(=O)(=O)NCC(C)C)c(Oc2ncc(C(F)(F)F)cc2Cl)c1. The molecule has 0 aliphatic rings. The molecule has 1 aromatic carbocycles. The third-order valence-electron chi connectivity index (χ3n) is 4.19. The zero-order valence-electron chi connectivity index (χ0n) is 19.5. The topological polar surface area (TPSA) is 125 Å². The summed E-state index contributed by atoms with van der Waals surface area (Å²) in [6, 6.07) is 5.00. The fourth-order valence-electron chi connectivity index (χ4n) is 2.44. The first-order valence-corrected chi connectivity index (χ1v) is 12.3. The van der Waals surface area contributed by atoms with Crippen LogP contribution in [0.2, 0.25) is 5.02 Å². The second kappa shape index (κ2) is 12.9. The number of nitrogens with one attached hydrogen (secondary N) is 2. The fraction of sp³-hybridized carbons (Fsp3) is 0.429. The Morgan fingerprint density at radius 2 is 1.92 bits per heavy atom. The molecule has 2 rings (SSSR count). The number of nitrogens with zero attached hydrogens (tertiary/aromatic N) is 1. The number of hydrogen-bond donors (Lipinski definition) is 2. The van der Waals surface area contributed by atoms with Crippen molar-refractivity contribution in [1.29, 1.82) is 0 Å². The van der Waals surface area contributed by atoms with Gasteiger partial charge in [0, 0.05) is 31.5 Å². The van der Waals surface area contributed by atoms with Crippen molar-refractivity contribution in [2.24, 2.45) is 5.92 Å². The molecule has 10 nitrogen and oxygen atoms in total. The Bertz CT molecular complexity index is 1150. The highest BCUT2D eigenvalue weighted by molar-refractivity contribution is 7.88. The monoisotopic (exact) mass is 555 g/mol. The van der Waals surface area contributed by atoms with Crippen LogP contribution in [0.5, 0.6) is 17.4 Å². The lowest BCUT2D eigenvalue weighted by Gasteiger charge is -2.15. The third kappa shape index (κ3) is 9.68. The number of hydrogen-bond acceptors (Lipinski definition) is 8. The summed E-state index contributed by atoms with van der Waals surface area (Å²) in [4.78, 5) is 15.6. The van der Waals surface area contributed by atoms with Crippen molar-refractivity contribution in [3.05, 3.63) is 46.6 Å². The number of benzene rings is 1. The summed E-state index contributed by atoms with van der Waals surface area (Å²) in [5, 5.41) is -0.414. The van der Waals surface area contributed by atoms with Gasteiger partial charge in [0.1, 0.15) is 29.7 Å². The molecule has 0 fully saturated rings. The van der Waals surface area contributed by atoms with E-state index in [9.17, 15) is 26.4 Å². The molecule has 0 atom stereocenters. The summed E-state index contributed by atoms with van der Waals surface area (Å²) in [7, 11) is -2.65. The van der Waals surface area contributed by atoms with Crippen molar-refractivity contribution in [3.8, 4) is 17.4 Å². The Morgan fingerprint density at radius 3 is 2.53 bits per heavy atom. The predicted molar refractivity (Wildman–Crippen MR) is 123 cm³/mol. The number of alkyl halides is 3. The smallest absolute Gasteiger partial charge is 0.422 e. The lowest BCUT2D eigenvalue weighted by atomic mass is 10.2. The Morgan fingerprint density at radius 1 is 1.19 bits per heavy atom. The molecule has 2 N–H and O–H groups in total. The Labute approximate surface area is 211 Å². The lowest BCUT2D eigenvalue weighted by molar-refractivity contribution is -0.137. The summed E-state index contributed by atoms with van der Waals surface area (Å²) in [6.45, 7) is 3.68. The van der Waals surface area contributed by atoms with Crippen LogP contribution in [0.4, 0.5) is 18.0 Å². The van der Waals surface area contributed by atoms with Crippen LogP contribution in [0.15, 0.2) is 30.5 Å². The molecule has 0 aliphatic heterocycles. The lowest BCUT2D eigenvalue weighted by Crippen LogP contribution is -2.41. The first-order valence-electron chi connectivity index (χ1n) is 10.4. The summed E-state index contributed by atoms with van der Waals surface area (Å²) >= 11 is 5.93. The minimum absolute atomic E-state index is 0.00679. The summed E-state index contributed by atoms with van der Waals surface area (Å²) in [5.74, 6) is -0.0381. The molecule has 1 heterocycles. The zero-order chi connectivity index (χ0) is 26.9. The normalized spacial score (nSPS) is 11.9. The predicted octanol–water partition coefficient (Wildman–Crippen LogP) is 4.29. The van der Waals surface area contributed by atoms with Crippen molar-refractivity contribution >= 4 is 27.9 Å². The second-order valence-electron chi connectivity index (χ2n) is 7.65. The number of carbonyl (C=O) groups excluding carboxylic acids is 1. The molecule has 0 radical (unpaired) electrons. The van der Waals surface area contributed by atoms with Crippen molar-refractivity contribution in [3.63, 3.8) is 0 Å². The number of ether oxygens (including phenoxy) is 4. The van der Waals surface area contributed by atoms with Crippen molar-refractivity contribution < 1.29 is 45.3 Å². The highest BCUT2D eigenvalue weighted by Gasteiger charge is 2.32. The number of pyridine rings is 1. The van der Waals surface area contributed by atoms with Crippen molar-refractivity contribution in [1.82, 2.24) is 14.4 Å². The molecule has 2 aromatic rings. The van der Waals surface area contributed by atoms with E-state index in [0.717, 1.165) is 0 Å². The van der Waals surface area contributed by atoms with Gasteiger partial charge in [-0.1, -0.05) is 25.4 Å². The van der Waals surface area contributed by atoms with Gasteiger partial charge in [0.05, 0.1) is 12.2 Å². The maximum absolute atomic E-state index is 12.9. The summed E-state index contributed by atoms with van der Waals surface area (Å²) in [5.41, 5.74) is -0.849. The molecule has 0 saturated carbocycles. The molecule has 0 aliphatic carbocycles. The molecular formula is C21H25ClF3N3O7S. The quantitative estimate of drug-likeness (QED) is 0.372. The van der Waals surface area contributed by atoms with E-state index < -0.39 is 39.7 Å². The van der Waals surface area contributed by atoms with Crippen molar-refractivity contribution in [2.75, 3.05) is 26.9 Å². The maximum Gasteiger partial charge on any atom is 0.422 e. The van der Waals surface area contributed by atoms with Gasteiger partial charge in [0.2, 0.25) is 5.88 Å². The van der Waals surface area contributed by atoms with Gasteiger partial charge in [-0.25, -0.2) is 14.5 Å². The van der Waals surface area contributed by atoms with Crippen LogP contribution in [0.1, 0.15) is 25.0 Å². The van der Waals surface area contributed by atoms with Gasteiger partial charge >= 0.3 is 22.5 Å². The minimum atomic E-state index is -4.65. The van der Waals surface area contributed by atoms with Gasteiger partial charge in [-0.15, -0.1) is 0 Å². The molecule has 36 heavy (non-hydrogen) atoms. The number of carbonyl (C=O) groups is 1. The van der Waals surface area contributed by atoms with Crippen LogP contribution in [0.3, 0.4) is 0 Å². The van der Waals surface area contributed by atoms with Gasteiger partial charge in [-0.05, 0) is 24.1 Å². The molecule has 0 unspecified atom stereocenters. The van der Waals surface area contributed by atoms with E-state index in [1.165, 1.54) is 25.3 Å². The van der Waals surface area contributed by atoms with E-state index in [1.807, 2.05) is 0 Å². The van der Waals surface area contributed by atoms with E-state index in [1.54, 1.807) is 18.6 Å². The average Bonchev–Trinajstić information content (AvgIpc) is 2.78. The number of methoxy groups -OCH3 is 1. The summed E-state index contributed by atoms with van der Waals surface area (Å²) in [6.07, 6.45) is -5.36. The third-order valence-corrected chi connectivity index (χ3v) is 5.45. The Balaban J connectivity index is 2.21. The van der Waals surface area contributed by atoms with Gasteiger partial charge in [-0.3, -0.25) is 0 Å². The Hall–Kier alpha value is -2.81. The van der Waals surface area contributed by atoms with Crippen molar-refractivity contribution in [2.45, 2.75) is 26.6 Å². The van der Waals surface area contributed by atoms with Crippen LogP contribution in [0.25, 0.3) is 0 Å². The first kappa shape index (κ1) is 29.4. The van der Waals surface area contributed by atoms with E-state index in [-0.39, 0.29) is 42.9 Å². The van der Waals surface area contributed by atoms with Gasteiger partial charge in [0.15, 0.2) is 0 Å². The first-order chi connectivity index (χ1) is 16.8. The molecule has 200 valence electrons. The molecule has 0 saturated heterocycles. The summed E-state index contributed by atoms with van der Waals surface area (Å²) < 4.78 is 87.4. The zero-order valence-corrected chi connectivity index (χ0v) is 21.1. The molecular weight excluding hydrogens is 531 g/mol. The van der Waals surface area contributed by atoms with Crippen LogP contribution >= 0.6 is 11.6 Å². The van der Waals surface area contributed by atoms with E-state index in [4.69, 9.17) is 30.5 Å². The average molecular weight is 556 g/mol. The van der Waals surface area contributed by atoms with E-state index >= 15 is 0 Å². The largest absolute Gasteiger partial charge is 0.491 e. The molecule has 1 amide bonds. The second-order valence-corrected chi connectivity index (χ2v) is 9.55. The minimum Gasteiger partial charge on any atom is -0.491 e. The highest BCUT2D eigenvalue weighted by Crippen LogP contribution is 2.36. The number of halogens is 4. The van der Waals surface area contributed by atoms with Gasteiger partial charge < -0.3 is 18.9 Å². The molecule has 15 heteroatoms. The number of rotatable bonds is 12. The maximum atomic E-state index is 12.9. The highest BCUT2D eigenvalue weighted by atomic mass is 35.5. The van der Waals surface area contributed by atoms with E-state index in [0.29, 0.717) is 18.0 Å². The van der Waals surface area contributed by atoms with E-state index in [2.05, 4.69) is 9.71 Å². The molecule has 1 aromatic heterocycles. The van der Waals surface area contributed by atoms with Crippen LogP contribution in [0, 0.1) is 5.92 Å². The molecule has 0 bridgehead atoms. The van der Waals surface area contributed by atoms with Crippen LogP contribution in [-0.4, -0.2) is 46.4 Å². The van der Waals surface area contributed by atoms with Crippen LogP contribution in [-0.2, 0) is 32.5 Å². The Kier molecular flexibility index (Phi) is 10.6. The van der Waals surface area contributed by atoms with Gasteiger partial charge in [-0.2, -0.15) is 26.3 Å². The number of aromatic nitrogens is 1.